The molecule has 1 saturated carbocycles. The van der Waals surface area contributed by atoms with Crippen LogP contribution in [-0.2, 0) is 7.05 Å². The summed E-state index contributed by atoms with van der Waals surface area (Å²) in [5.74, 6) is 3.06. The average Bonchev–Trinajstić information content (AvgIpc) is 3.08. The second-order valence-corrected chi connectivity index (χ2v) is 4.55. The van der Waals surface area contributed by atoms with Gasteiger partial charge >= 0.3 is 0 Å². The smallest absolute Gasteiger partial charge is 0.224 e. The normalized spacial score (nSPS) is 22.5. The van der Waals surface area contributed by atoms with E-state index >= 15 is 0 Å². The molecule has 3 rings (SSSR count). The summed E-state index contributed by atoms with van der Waals surface area (Å²) in [6, 6.07) is 10.6. The molecule has 1 N–H and O–H groups in total. The van der Waals surface area contributed by atoms with Crippen molar-refractivity contribution in [3.05, 3.63) is 41.7 Å². The molecule has 1 aromatic carbocycles. The number of anilines is 1. The lowest BCUT2D eigenvalue weighted by Crippen LogP contribution is -2.01. The third-order valence-electron chi connectivity index (χ3n) is 3.48. The molecule has 1 heterocycles. The Morgan fingerprint density at radius 3 is 2.59 bits per heavy atom. The zero-order valence-electron chi connectivity index (χ0n) is 10.1. The maximum absolute atomic E-state index is 4.27. The number of aromatic nitrogens is 3. The fraction of sp³-hybridized carbons (Fsp3) is 0.385. The van der Waals surface area contributed by atoms with Crippen molar-refractivity contribution in [3.8, 4) is 0 Å². The standard InChI is InChI=1S/C13H16N4/c1-14-13-16-15-12(17(13)2)11-8-10(11)9-6-4-3-5-7-9/h3-7,10-11H,8H2,1-2H3,(H,14,16). The first kappa shape index (κ1) is 10.3. The van der Waals surface area contributed by atoms with Gasteiger partial charge in [-0.1, -0.05) is 30.3 Å². The Hall–Kier alpha value is -1.84. The van der Waals surface area contributed by atoms with Gasteiger partial charge < -0.3 is 9.88 Å². The quantitative estimate of drug-likeness (QED) is 0.875. The molecule has 4 heteroatoms. The molecule has 2 atom stereocenters. The van der Waals surface area contributed by atoms with Gasteiger partial charge in [0.15, 0.2) is 0 Å². The Morgan fingerprint density at radius 2 is 1.94 bits per heavy atom. The molecule has 0 saturated heterocycles. The fourth-order valence-corrected chi connectivity index (χ4v) is 2.43. The molecule has 0 amide bonds. The maximum atomic E-state index is 4.27. The van der Waals surface area contributed by atoms with E-state index in [0.717, 1.165) is 11.8 Å². The molecule has 4 nitrogen and oxygen atoms in total. The van der Waals surface area contributed by atoms with Crippen LogP contribution in [0.2, 0.25) is 0 Å². The van der Waals surface area contributed by atoms with E-state index in [1.165, 1.54) is 12.0 Å². The first-order valence-corrected chi connectivity index (χ1v) is 5.93. The number of nitrogens with one attached hydrogen (secondary N) is 1. The Balaban J connectivity index is 1.83. The Kier molecular flexibility index (Phi) is 2.35. The topological polar surface area (TPSA) is 42.7 Å². The number of hydrogen-bond acceptors (Lipinski definition) is 3. The van der Waals surface area contributed by atoms with Gasteiger partial charge in [0.1, 0.15) is 5.82 Å². The van der Waals surface area contributed by atoms with Gasteiger partial charge in [0.25, 0.3) is 0 Å². The zero-order chi connectivity index (χ0) is 11.8. The van der Waals surface area contributed by atoms with Crippen molar-refractivity contribution in [2.24, 2.45) is 7.05 Å². The molecule has 2 unspecified atom stereocenters. The molecule has 0 spiro atoms. The molecular formula is C13H16N4. The van der Waals surface area contributed by atoms with Crippen molar-refractivity contribution in [2.45, 2.75) is 18.3 Å². The summed E-state index contributed by atoms with van der Waals surface area (Å²) < 4.78 is 2.05. The highest BCUT2D eigenvalue weighted by Gasteiger charge is 2.42. The van der Waals surface area contributed by atoms with Gasteiger partial charge in [-0.25, -0.2) is 0 Å². The second kappa shape index (κ2) is 3.87. The summed E-state index contributed by atoms with van der Waals surface area (Å²) in [7, 11) is 3.89. The number of nitrogens with zero attached hydrogens (tertiary/aromatic N) is 3. The van der Waals surface area contributed by atoms with Gasteiger partial charge in [0.05, 0.1) is 0 Å². The SMILES string of the molecule is CNc1nnc(C2CC2c2ccccc2)n1C. The summed E-state index contributed by atoms with van der Waals surface area (Å²) in [5.41, 5.74) is 1.41. The van der Waals surface area contributed by atoms with Gasteiger partial charge in [-0.05, 0) is 17.9 Å². The summed E-state index contributed by atoms with van der Waals surface area (Å²) in [5, 5.41) is 11.4. The van der Waals surface area contributed by atoms with E-state index in [1.807, 2.05) is 18.7 Å². The van der Waals surface area contributed by atoms with Gasteiger partial charge in [-0.2, -0.15) is 0 Å². The minimum absolute atomic E-state index is 0.525. The van der Waals surface area contributed by atoms with Crippen molar-refractivity contribution < 1.29 is 0 Å². The second-order valence-electron chi connectivity index (χ2n) is 4.55. The average molecular weight is 228 g/mol. The zero-order valence-corrected chi connectivity index (χ0v) is 10.1. The van der Waals surface area contributed by atoms with Crippen LogP contribution in [0.15, 0.2) is 30.3 Å². The Labute approximate surface area is 101 Å². The lowest BCUT2D eigenvalue weighted by Gasteiger charge is -2.02. The molecule has 17 heavy (non-hydrogen) atoms. The van der Waals surface area contributed by atoms with Gasteiger partial charge in [0.2, 0.25) is 5.95 Å². The Morgan fingerprint density at radius 1 is 1.18 bits per heavy atom. The molecule has 1 aliphatic carbocycles. The van der Waals surface area contributed by atoms with Crippen LogP contribution < -0.4 is 5.32 Å². The summed E-state index contributed by atoms with van der Waals surface area (Å²) >= 11 is 0. The molecule has 88 valence electrons. The molecule has 0 radical (unpaired) electrons. The van der Waals surface area contributed by atoms with Crippen LogP contribution in [0.4, 0.5) is 5.95 Å². The van der Waals surface area contributed by atoms with E-state index in [9.17, 15) is 0 Å². The van der Waals surface area contributed by atoms with Crippen LogP contribution in [0.25, 0.3) is 0 Å². The van der Waals surface area contributed by atoms with Crippen molar-refractivity contribution in [3.63, 3.8) is 0 Å². The van der Waals surface area contributed by atoms with Crippen molar-refractivity contribution in [2.75, 3.05) is 12.4 Å². The Bertz CT molecular complexity index is 517. The van der Waals surface area contributed by atoms with Crippen LogP contribution in [0.1, 0.15) is 29.6 Å². The molecule has 1 aliphatic rings. The van der Waals surface area contributed by atoms with Crippen LogP contribution in [0, 0.1) is 0 Å². The molecule has 0 bridgehead atoms. The number of hydrogen-bond donors (Lipinski definition) is 1. The lowest BCUT2D eigenvalue weighted by molar-refractivity contribution is 0.788. The van der Waals surface area contributed by atoms with Gasteiger partial charge in [-0.3, -0.25) is 0 Å². The summed E-state index contributed by atoms with van der Waals surface area (Å²) in [4.78, 5) is 0. The number of rotatable bonds is 3. The van der Waals surface area contributed by atoms with E-state index < -0.39 is 0 Å². The molecular weight excluding hydrogens is 212 g/mol. The van der Waals surface area contributed by atoms with E-state index in [-0.39, 0.29) is 0 Å². The highest BCUT2D eigenvalue weighted by molar-refractivity contribution is 5.34. The van der Waals surface area contributed by atoms with E-state index in [1.54, 1.807) is 0 Å². The number of benzene rings is 1. The first-order chi connectivity index (χ1) is 8.31. The predicted octanol–water partition coefficient (Wildman–Crippen LogP) is 2.13. The summed E-state index contributed by atoms with van der Waals surface area (Å²) in [6.07, 6.45) is 1.18. The highest BCUT2D eigenvalue weighted by atomic mass is 15.3. The highest BCUT2D eigenvalue weighted by Crippen LogP contribution is 2.53. The van der Waals surface area contributed by atoms with Crippen LogP contribution >= 0.6 is 0 Å². The minimum atomic E-state index is 0.525. The predicted molar refractivity (Wildman–Crippen MR) is 67.1 cm³/mol. The third kappa shape index (κ3) is 1.69. The van der Waals surface area contributed by atoms with E-state index in [4.69, 9.17) is 0 Å². The van der Waals surface area contributed by atoms with Crippen molar-refractivity contribution >= 4 is 5.95 Å². The fourth-order valence-electron chi connectivity index (χ4n) is 2.43. The van der Waals surface area contributed by atoms with Crippen LogP contribution in [0.5, 0.6) is 0 Å². The largest absolute Gasteiger partial charge is 0.357 e. The monoisotopic (exact) mass is 228 g/mol. The minimum Gasteiger partial charge on any atom is -0.357 e. The molecule has 2 aromatic rings. The molecule has 1 aromatic heterocycles. The third-order valence-corrected chi connectivity index (χ3v) is 3.48. The lowest BCUT2D eigenvalue weighted by atomic mass is 10.1. The van der Waals surface area contributed by atoms with Crippen molar-refractivity contribution in [1.29, 1.82) is 0 Å². The van der Waals surface area contributed by atoms with Gasteiger partial charge in [-0.15, -0.1) is 10.2 Å². The first-order valence-electron chi connectivity index (χ1n) is 5.93. The summed E-state index contributed by atoms with van der Waals surface area (Å²) in [6.45, 7) is 0. The van der Waals surface area contributed by atoms with Crippen molar-refractivity contribution in [1.82, 2.24) is 14.8 Å². The van der Waals surface area contributed by atoms with Crippen LogP contribution in [0.3, 0.4) is 0 Å². The molecule has 0 aliphatic heterocycles. The molecule has 1 fully saturated rings. The maximum Gasteiger partial charge on any atom is 0.224 e. The van der Waals surface area contributed by atoms with Gasteiger partial charge in [0, 0.05) is 20.0 Å². The van der Waals surface area contributed by atoms with E-state index in [0.29, 0.717) is 11.8 Å². The van der Waals surface area contributed by atoms with E-state index in [2.05, 4.69) is 45.8 Å². The van der Waals surface area contributed by atoms with Crippen LogP contribution in [-0.4, -0.2) is 21.8 Å².